The number of rotatable bonds is 6. The van der Waals surface area contributed by atoms with Crippen LogP contribution in [-0.4, -0.2) is 14.1 Å². The Morgan fingerprint density at radius 3 is 2.37 bits per heavy atom. The Hall–Kier alpha value is -2.90. The molecule has 0 radical (unpaired) electrons. The van der Waals surface area contributed by atoms with Crippen LogP contribution >= 0.6 is 34.5 Å². The zero-order chi connectivity index (χ0) is 24.7. The van der Waals surface area contributed by atoms with Crippen molar-refractivity contribution in [1.82, 2.24) is 14.1 Å². The predicted octanol–water partition coefficient (Wildman–Crippen LogP) is 5.68. The summed E-state index contributed by atoms with van der Waals surface area (Å²) in [6, 6.07) is 19.3. The van der Waals surface area contributed by atoms with Crippen LogP contribution in [0.2, 0.25) is 9.36 Å². The average Bonchev–Trinajstić information content (AvgIpc) is 3.48. The molecule has 3 heterocycles. The highest BCUT2D eigenvalue weighted by atomic mass is 35.5. The molecule has 0 bridgehead atoms. The molecule has 2 N–H and O–H groups in total. The molecule has 0 fully saturated rings. The van der Waals surface area contributed by atoms with Gasteiger partial charge in [0.15, 0.2) is 0 Å². The molecule has 0 saturated heterocycles. The molecule has 2 aromatic carbocycles. The van der Waals surface area contributed by atoms with Crippen LogP contribution < -0.4 is 11.3 Å². The van der Waals surface area contributed by atoms with E-state index in [9.17, 15) is 4.79 Å². The van der Waals surface area contributed by atoms with Gasteiger partial charge in [-0.3, -0.25) is 4.79 Å². The fourth-order valence-electron chi connectivity index (χ4n) is 4.64. The topological polar surface area (TPSA) is 65.8 Å². The summed E-state index contributed by atoms with van der Waals surface area (Å²) in [6.07, 6.45) is 5.06. The number of thiophene rings is 1. The van der Waals surface area contributed by atoms with E-state index >= 15 is 0 Å². The number of pyridine rings is 1. The summed E-state index contributed by atoms with van der Waals surface area (Å²) in [5, 5.41) is 1.64. The zero-order valence-corrected chi connectivity index (χ0v) is 21.7. The Morgan fingerprint density at radius 1 is 0.971 bits per heavy atom. The first-order valence-corrected chi connectivity index (χ1v) is 12.7. The lowest BCUT2D eigenvalue weighted by atomic mass is 9.80. The molecule has 0 aliphatic heterocycles. The van der Waals surface area contributed by atoms with E-state index in [4.69, 9.17) is 28.9 Å². The molecule has 5 rings (SSSR count). The molecule has 8 heteroatoms. The minimum Gasteiger partial charge on any atom is -0.336 e. The van der Waals surface area contributed by atoms with E-state index in [1.807, 2.05) is 60.1 Å². The number of imidazole rings is 1. The van der Waals surface area contributed by atoms with Gasteiger partial charge in [-0.05, 0) is 65.9 Å². The van der Waals surface area contributed by atoms with Crippen LogP contribution in [0.25, 0.3) is 10.9 Å². The van der Waals surface area contributed by atoms with Gasteiger partial charge in [0.25, 0.3) is 5.56 Å². The van der Waals surface area contributed by atoms with Gasteiger partial charge in [-0.15, -0.1) is 11.3 Å². The van der Waals surface area contributed by atoms with E-state index in [-0.39, 0.29) is 5.56 Å². The predicted molar refractivity (Wildman–Crippen MR) is 145 cm³/mol. The molecule has 1 unspecified atom stereocenters. The van der Waals surface area contributed by atoms with E-state index in [1.165, 1.54) is 4.88 Å². The average molecular weight is 523 g/mol. The van der Waals surface area contributed by atoms with Crippen molar-refractivity contribution >= 4 is 45.4 Å². The largest absolute Gasteiger partial charge is 0.336 e. The third-order valence-electron chi connectivity index (χ3n) is 6.58. The van der Waals surface area contributed by atoms with Gasteiger partial charge < -0.3 is 14.9 Å². The number of hydrogen-bond acceptors (Lipinski definition) is 4. The lowest BCUT2D eigenvalue weighted by molar-refractivity contribution is 0.596. The second-order valence-electron chi connectivity index (χ2n) is 8.71. The van der Waals surface area contributed by atoms with Crippen LogP contribution in [-0.2, 0) is 32.5 Å². The van der Waals surface area contributed by atoms with E-state index in [2.05, 4.69) is 11.1 Å². The smallest absolute Gasteiger partial charge is 0.251 e. The third kappa shape index (κ3) is 4.32. The summed E-state index contributed by atoms with van der Waals surface area (Å²) in [7, 11) is 3.73. The standard InChI is InChI=1S/C27H24Cl2N4OS/c1-32-16-31-15-24(32)27(30,18-4-7-20(28)8-5-18)19-6-11-23-22(14-19)17(13-26(34)33(23)2)3-9-21-10-12-25(29)35-21/h4-8,10-16H,3,9,30H2,1-2H3. The first-order chi connectivity index (χ1) is 16.8. The van der Waals surface area contributed by atoms with Gasteiger partial charge in [0.05, 0.1) is 28.1 Å². The molecule has 0 aliphatic carbocycles. The second-order valence-corrected chi connectivity index (χ2v) is 10.9. The number of aromatic nitrogens is 3. The molecule has 0 amide bonds. The Labute approximate surface area is 217 Å². The number of hydrogen-bond donors (Lipinski definition) is 1. The van der Waals surface area contributed by atoms with Crippen molar-refractivity contribution in [3.8, 4) is 0 Å². The molecule has 0 aliphatic rings. The van der Waals surface area contributed by atoms with Crippen LogP contribution in [0.5, 0.6) is 0 Å². The summed E-state index contributed by atoms with van der Waals surface area (Å²) in [5.74, 6) is 0. The lowest BCUT2D eigenvalue weighted by Gasteiger charge is -2.31. The molecule has 1 atom stereocenters. The fraction of sp³-hybridized carbons (Fsp3) is 0.185. The molecule has 5 nitrogen and oxygen atoms in total. The van der Waals surface area contributed by atoms with Crippen molar-refractivity contribution < 1.29 is 0 Å². The van der Waals surface area contributed by atoms with Crippen molar-refractivity contribution in [2.75, 3.05) is 0 Å². The van der Waals surface area contributed by atoms with Gasteiger partial charge in [-0.2, -0.15) is 0 Å². The molecule has 3 aromatic heterocycles. The van der Waals surface area contributed by atoms with Crippen molar-refractivity contribution in [2.45, 2.75) is 18.4 Å². The highest BCUT2D eigenvalue weighted by Gasteiger charge is 2.35. The van der Waals surface area contributed by atoms with Gasteiger partial charge >= 0.3 is 0 Å². The molecule has 0 spiro atoms. The van der Waals surface area contributed by atoms with Crippen molar-refractivity contribution in [3.05, 3.63) is 120 Å². The number of aryl methyl sites for hydroxylation is 4. The maximum atomic E-state index is 12.7. The van der Waals surface area contributed by atoms with E-state index in [0.29, 0.717) is 5.02 Å². The fourth-order valence-corrected chi connectivity index (χ4v) is 5.85. The van der Waals surface area contributed by atoms with Gasteiger partial charge in [-0.1, -0.05) is 41.4 Å². The lowest BCUT2D eigenvalue weighted by Crippen LogP contribution is -2.41. The van der Waals surface area contributed by atoms with Gasteiger partial charge in [0.2, 0.25) is 0 Å². The summed E-state index contributed by atoms with van der Waals surface area (Å²) in [6.45, 7) is 0. The molecular weight excluding hydrogens is 499 g/mol. The van der Waals surface area contributed by atoms with Crippen molar-refractivity contribution in [2.24, 2.45) is 19.8 Å². The van der Waals surface area contributed by atoms with Crippen molar-refractivity contribution in [3.63, 3.8) is 0 Å². The highest BCUT2D eigenvalue weighted by Crippen LogP contribution is 2.36. The van der Waals surface area contributed by atoms with E-state index in [1.54, 1.807) is 41.5 Å². The van der Waals surface area contributed by atoms with Crippen molar-refractivity contribution in [1.29, 1.82) is 0 Å². The zero-order valence-electron chi connectivity index (χ0n) is 19.3. The highest BCUT2D eigenvalue weighted by molar-refractivity contribution is 7.16. The van der Waals surface area contributed by atoms with Gasteiger partial charge in [0.1, 0.15) is 5.54 Å². The van der Waals surface area contributed by atoms with Crippen LogP contribution in [0.1, 0.15) is 27.3 Å². The summed E-state index contributed by atoms with van der Waals surface area (Å²) < 4.78 is 4.37. The number of nitrogens with zero attached hydrogens (tertiary/aromatic N) is 3. The number of benzene rings is 2. The monoisotopic (exact) mass is 522 g/mol. The quantitative estimate of drug-likeness (QED) is 0.312. The van der Waals surface area contributed by atoms with E-state index < -0.39 is 5.54 Å². The molecule has 35 heavy (non-hydrogen) atoms. The van der Waals surface area contributed by atoms with Crippen LogP contribution in [0.4, 0.5) is 0 Å². The van der Waals surface area contributed by atoms with Gasteiger partial charge in [0, 0.05) is 35.4 Å². The molecular formula is C27H24Cl2N4OS. The Morgan fingerprint density at radius 2 is 1.71 bits per heavy atom. The van der Waals surface area contributed by atoms with Gasteiger partial charge in [-0.25, -0.2) is 4.98 Å². The maximum absolute atomic E-state index is 12.7. The Kier molecular flexibility index (Phi) is 6.32. The van der Waals surface area contributed by atoms with Crippen LogP contribution in [0.15, 0.2) is 78.0 Å². The molecule has 178 valence electrons. The second kappa shape index (κ2) is 9.28. The maximum Gasteiger partial charge on any atom is 0.251 e. The Bertz CT molecular complexity index is 1590. The summed E-state index contributed by atoms with van der Waals surface area (Å²) in [5.41, 5.74) is 10.7. The minimum atomic E-state index is -0.975. The number of nitrogens with two attached hydrogens (primary N) is 1. The normalized spacial score (nSPS) is 13.3. The van der Waals surface area contributed by atoms with Crippen LogP contribution in [0.3, 0.4) is 0 Å². The summed E-state index contributed by atoms with van der Waals surface area (Å²) in [4.78, 5) is 18.2. The first kappa shape index (κ1) is 23.8. The summed E-state index contributed by atoms with van der Waals surface area (Å²) >= 11 is 13.9. The Balaban J connectivity index is 1.69. The first-order valence-electron chi connectivity index (χ1n) is 11.2. The SMILES string of the molecule is Cn1cncc1C(N)(c1ccc(Cl)cc1)c1ccc2c(c1)c(CCc1ccc(Cl)s1)cc(=O)n2C. The number of fused-ring (bicyclic) bond motifs is 1. The third-order valence-corrected chi connectivity index (χ3v) is 8.12. The van der Waals surface area contributed by atoms with Crippen LogP contribution in [0, 0.1) is 0 Å². The number of halogens is 2. The molecule has 0 saturated carbocycles. The minimum absolute atomic E-state index is 0.0344. The molecule has 5 aromatic rings. The van der Waals surface area contributed by atoms with E-state index in [0.717, 1.165) is 50.5 Å².